The van der Waals surface area contributed by atoms with Crippen LogP contribution >= 0.6 is 12.4 Å². The van der Waals surface area contributed by atoms with E-state index in [-0.39, 0.29) is 40.8 Å². The van der Waals surface area contributed by atoms with Crippen LogP contribution in [0.2, 0.25) is 0 Å². The average molecular weight is 382 g/mol. The number of aryl methyl sites for hydroxylation is 1. The normalized spacial score (nSPS) is 13.0. The number of hydrogen-bond donors (Lipinski definition) is 1. The lowest BCUT2D eigenvalue weighted by atomic mass is 10.0. The Bertz CT molecular complexity index is 656. The van der Waals surface area contributed by atoms with Gasteiger partial charge in [0.05, 0.1) is 5.56 Å². The second kappa shape index (κ2) is 8.84. The molecule has 0 aliphatic rings. The van der Waals surface area contributed by atoms with E-state index in [0.29, 0.717) is 18.9 Å². The molecule has 24 heavy (non-hydrogen) atoms. The van der Waals surface area contributed by atoms with Crippen LogP contribution in [0.4, 0.5) is 0 Å². The van der Waals surface area contributed by atoms with E-state index >= 15 is 0 Å². The highest BCUT2D eigenvalue weighted by molar-refractivity contribution is 7.88. The van der Waals surface area contributed by atoms with Crippen LogP contribution < -0.4 is 5.73 Å². The number of rotatable bonds is 7. The van der Waals surface area contributed by atoms with E-state index in [1.54, 1.807) is 14.0 Å². The lowest BCUT2D eigenvalue weighted by Crippen LogP contribution is -2.34. The monoisotopic (exact) mass is 381 g/mol. The van der Waals surface area contributed by atoms with Gasteiger partial charge in [0, 0.05) is 39.8 Å². The topological polar surface area (TPSA) is 96.8 Å². The molecule has 1 rings (SSSR count). The molecule has 2 N–H and O–H groups in total. The highest BCUT2D eigenvalue weighted by Gasteiger charge is 2.27. The number of nitrogens with zero attached hydrogens (tertiary/aromatic N) is 2. The van der Waals surface area contributed by atoms with Crippen molar-refractivity contribution in [3.8, 4) is 0 Å². The van der Waals surface area contributed by atoms with Crippen molar-refractivity contribution in [2.75, 3.05) is 27.7 Å². The maximum atomic E-state index is 12.5. The van der Waals surface area contributed by atoms with Gasteiger partial charge in [-0.05, 0) is 19.3 Å². The number of amides is 1. The van der Waals surface area contributed by atoms with Gasteiger partial charge >= 0.3 is 0 Å². The molecule has 1 heterocycles. The summed E-state index contributed by atoms with van der Waals surface area (Å²) in [7, 11) is 0.791. The average Bonchev–Trinajstić information content (AvgIpc) is 2.85. The van der Waals surface area contributed by atoms with Crippen LogP contribution in [-0.4, -0.2) is 57.3 Å². The lowest BCUT2D eigenvalue weighted by Gasteiger charge is -2.21. The Morgan fingerprint density at radius 3 is 2.29 bits per heavy atom. The van der Waals surface area contributed by atoms with Crippen molar-refractivity contribution < 1.29 is 17.6 Å². The number of furan rings is 1. The van der Waals surface area contributed by atoms with Gasteiger partial charge in [0.25, 0.3) is 15.9 Å². The maximum absolute atomic E-state index is 12.5. The Labute approximate surface area is 150 Å². The maximum Gasteiger partial charge on any atom is 0.275 e. The van der Waals surface area contributed by atoms with Crippen LogP contribution in [0.5, 0.6) is 0 Å². The zero-order valence-electron chi connectivity index (χ0n) is 15.1. The van der Waals surface area contributed by atoms with Crippen LogP contribution in [0, 0.1) is 12.8 Å². The minimum atomic E-state index is -3.70. The smallest absolute Gasteiger partial charge is 0.275 e. The molecular weight excluding hydrogens is 354 g/mol. The molecule has 0 spiro atoms. The number of carbonyl (C=O) groups excluding carboxylic acids is 1. The summed E-state index contributed by atoms with van der Waals surface area (Å²) >= 11 is 0. The molecule has 0 saturated carbocycles. The molecule has 0 bridgehead atoms. The summed E-state index contributed by atoms with van der Waals surface area (Å²) < 4.78 is 30.5. The van der Waals surface area contributed by atoms with Gasteiger partial charge in [0.15, 0.2) is 0 Å². The van der Waals surface area contributed by atoms with Crippen molar-refractivity contribution in [3.05, 3.63) is 17.4 Å². The van der Waals surface area contributed by atoms with Gasteiger partial charge in [0.1, 0.15) is 5.76 Å². The van der Waals surface area contributed by atoms with Crippen molar-refractivity contribution in [3.63, 3.8) is 0 Å². The summed E-state index contributed by atoms with van der Waals surface area (Å²) in [4.78, 5) is 14.0. The summed E-state index contributed by atoms with van der Waals surface area (Å²) in [5.74, 6) is 0.351. The molecule has 0 radical (unpaired) electrons. The number of hydrogen-bond acceptors (Lipinski definition) is 5. The molecule has 0 aliphatic heterocycles. The van der Waals surface area contributed by atoms with Gasteiger partial charge in [-0.3, -0.25) is 4.79 Å². The first-order chi connectivity index (χ1) is 10.5. The third-order valence-corrected chi connectivity index (χ3v) is 5.53. The fourth-order valence-electron chi connectivity index (χ4n) is 1.96. The molecule has 1 amide bonds. The van der Waals surface area contributed by atoms with E-state index in [0.717, 1.165) is 4.31 Å². The number of carbonyl (C=O) groups is 1. The van der Waals surface area contributed by atoms with Crippen LogP contribution in [0.15, 0.2) is 15.6 Å². The molecule has 140 valence electrons. The molecular formula is C15H28ClN3O4S. The predicted octanol–water partition coefficient (Wildman–Crippen LogP) is 1.71. The summed E-state index contributed by atoms with van der Waals surface area (Å²) in [6.45, 7) is 6.14. The van der Waals surface area contributed by atoms with Gasteiger partial charge in [-0.25, -0.2) is 12.7 Å². The molecule has 1 aromatic heterocycles. The third-order valence-electron chi connectivity index (χ3n) is 3.86. The Balaban J connectivity index is 0.00000529. The summed E-state index contributed by atoms with van der Waals surface area (Å²) in [5, 5.41) is -0.226. The van der Waals surface area contributed by atoms with Crippen molar-refractivity contribution in [1.29, 1.82) is 0 Å². The molecule has 9 heteroatoms. The van der Waals surface area contributed by atoms with E-state index in [9.17, 15) is 13.2 Å². The number of nitrogens with two attached hydrogens (primary N) is 1. The second-order valence-electron chi connectivity index (χ2n) is 6.25. The standard InChI is InChI=1S/C15H27N3O4S.ClH/c1-10(2)13(16)7-8-18(6)15(19)12-9-14(22-11(12)3)23(20,21)17(4)5;/h9-10,13H,7-8,16H2,1-6H3;1H. The van der Waals surface area contributed by atoms with E-state index < -0.39 is 10.0 Å². The van der Waals surface area contributed by atoms with E-state index in [4.69, 9.17) is 10.2 Å². The first-order valence-electron chi connectivity index (χ1n) is 7.52. The quantitative estimate of drug-likeness (QED) is 0.775. The molecule has 0 saturated heterocycles. The Morgan fingerprint density at radius 1 is 1.29 bits per heavy atom. The van der Waals surface area contributed by atoms with Crippen LogP contribution in [0.3, 0.4) is 0 Å². The number of sulfonamides is 1. The fourth-order valence-corrected chi connectivity index (χ4v) is 2.81. The first-order valence-corrected chi connectivity index (χ1v) is 8.96. The van der Waals surface area contributed by atoms with Gasteiger partial charge in [-0.1, -0.05) is 13.8 Å². The Morgan fingerprint density at radius 2 is 1.83 bits per heavy atom. The highest BCUT2D eigenvalue weighted by Crippen LogP contribution is 2.22. The zero-order valence-corrected chi connectivity index (χ0v) is 16.7. The van der Waals surface area contributed by atoms with E-state index in [1.807, 2.05) is 13.8 Å². The minimum Gasteiger partial charge on any atom is -0.448 e. The van der Waals surface area contributed by atoms with Gasteiger partial charge in [-0.15, -0.1) is 12.4 Å². The van der Waals surface area contributed by atoms with E-state index in [1.165, 1.54) is 25.1 Å². The van der Waals surface area contributed by atoms with Crippen molar-refractivity contribution in [2.45, 2.75) is 38.3 Å². The molecule has 1 unspecified atom stereocenters. The van der Waals surface area contributed by atoms with Crippen LogP contribution in [0.25, 0.3) is 0 Å². The molecule has 0 aliphatic carbocycles. The first kappa shape index (κ1) is 22.9. The third kappa shape index (κ3) is 5.20. The van der Waals surface area contributed by atoms with Crippen LogP contribution in [-0.2, 0) is 10.0 Å². The summed E-state index contributed by atoms with van der Waals surface area (Å²) in [6, 6.07) is 1.30. The molecule has 0 fully saturated rings. The van der Waals surface area contributed by atoms with Crippen LogP contribution in [0.1, 0.15) is 36.4 Å². The Hall–Kier alpha value is -1.09. The Kier molecular flexibility index (Phi) is 8.44. The molecule has 0 aromatic carbocycles. The van der Waals surface area contributed by atoms with Crippen molar-refractivity contribution >= 4 is 28.3 Å². The molecule has 1 atom stereocenters. The second-order valence-corrected chi connectivity index (χ2v) is 8.33. The van der Waals surface area contributed by atoms with Crippen molar-refractivity contribution in [2.24, 2.45) is 11.7 Å². The van der Waals surface area contributed by atoms with Gasteiger partial charge in [-0.2, -0.15) is 0 Å². The van der Waals surface area contributed by atoms with E-state index in [2.05, 4.69) is 0 Å². The number of halogens is 1. The largest absolute Gasteiger partial charge is 0.448 e. The molecule has 1 aromatic rings. The zero-order chi connectivity index (χ0) is 17.9. The fraction of sp³-hybridized carbons (Fsp3) is 0.667. The minimum absolute atomic E-state index is 0. The summed E-state index contributed by atoms with van der Waals surface area (Å²) in [6.07, 6.45) is 0.680. The highest BCUT2D eigenvalue weighted by atomic mass is 35.5. The van der Waals surface area contributed by atoms with Gasteiger partial charge in [0.2, 0.25) is 5.09 Å². The summed E-state index contributed by atoms with van der Waals surface area (Å²) in [5.41, 5.74) is 6.24. The van der Waals surface area contributed by atoms with Crippen molar-refractivity contribution in [1.82, 2.24) is 9.21 Å². The lowest BCUT2D eigenvalue weighted by molar-refractivity contribution is 0.0787. The van der Waals surface area contributed by atoms with Gasteiger partial charge < -0.3 is 15.1 Å². The molecule has 7 nitrogen and oxygen atoms in total. The predicted molar refractivity (Wildman–Crippen MR) is 96.0 cm³/mol. The SMILES string of the molecule is Cc1oc(S(=O)(=O)N(C)C)cc1C(=O)N(C)CCC(N)C(C)C.Cl.